The van der Waals surface area contributed by atoms with Gasteiger partial charge in [-0.05, 0) is 84.5 Å². The molecule has 0 atom stereocenters. The molecule has 0 saturated heterocycles. The Morgan fingerprint density at radius 1 is 0.667 bits per heavy atom. The summed E-state index contributed by atoms with van der Waals surface area (Å²) in [5.41, 5.74) is 2.42. The predicted molar refractivity (Wildman–Crippen MR) is 123 cm³/mol. The Hall–Kier alpha value is -1.15. The first kappa shape index (κ1) is 26.9. The number of hydrogen-bond donors (Lipinski definition) is 1. The molecule has 2 aliphatic carbocycles. The van der Waals surface area contributed by atoms with Crippen molar-refractivity contribution >= 4 is 5.57 Å². The van der Waals surface area contributed by atoms with Gasteiger partial charge in [0.1, 0.15) is 0 Å². The van der Waals surface area contributed by atoms with Crippen molar-refractivity contribution in [3.05, 3.63) is 142 Å². The quantitative estimate of drug-likeness (QED) is 0.353. The van der Waals surface area contributed by atoms with Crippen LogP contribution in [0, 0.1) is 70.3 Å². The fourth-order valence-electron chi connectivity index (χ4n) is 2.63. The van der Waals surface area contributed by atoms with Crippen LogP contribution in [0.25, 0.3) is 5.57 Å². The molecule has 2 saturated carbocycles. The molecule has 2 aromatic carbocycles. The van der Waals surface area contributed by atoms with Crippen LogP contribution in [0.4, 0.5) is 0 Å². The minimum Gasteiger partial charge on any atom is -0.390 e. The Balaban J connectivity index is 0.000000333. The molecule has 30 heavy (non-hydrogen) atoms. The van der Waals surface area contributed by atoms with E-state index < -0.39 is 5.60 Å². The molecule has 2 fully saturated rings. The summed E-state index contributed by atoms with van der Waals surface area (Å²) in [6, 6.07) is 20.1. The first-order chi connectivity index (χ1) is 14.0. The van der Waals surface area contributed by atoms with Crippen LogP contribution < -0.4 is 0 Å². The Labute approximate surface area is 199 Å². The van der Waals surface area contributed by atoms with Crippen molar-refractivity contribution in [1.82, 2.24) is 0 Å². The van der Waals surface area contributed by atoms with E-state index in [2.05, 4.69) is 18.2 Å². The van der Waals surface area contributed by atoms with Gasteiger partial charge in [0, 0.05) is 21.7 Å². The molecule has 2 aliphatic rings. The van der Waals surface area contributed by atoms with E-state index in [1.165, 1.54) is 0 Å². The van der Waals surface area contributed by atoms with Gasteiger partial charge in [-0.2, -0.15) is 0 Å². The van der Waals surface area contributed by atoms with Crippen LogP contribution in [0.3, 0.4) is 0 Å². The maximum atomic E-state index is 10.1. The van der Waals surface area contributed by atoms with Gasteiger partial charge in [-0.25, -0.2) is 0 Å². The van der Waals surface area contributed by atoms with Crippen molar-refractivity contribution in [3.63, 3.8) is 0 Å². The van der Waals surface area contributed by atoms with Gasteiger partial charge in [0.2, 0.25) is 0 Å². The Morgan fingerprint density at radius 2 is 1.03 bits per heavy atom. The van der Waals surface area contributed by atoms with E-state index in [0.717, 1.165) is 16.7 Å². The molecule has 2 aromatic rings. The first-order valence-electron chi connectivity index (χ1n) is 9.84. The molecule has 0 amide bonds. The fourth-order valence-corrected chi connectivity index (χ4v) is 2.63. The summed E-state index contributed by atoms with van der Waals surface area (Å²) >= 11 is 0. The topological polar surface area (TPSA) is 20.2 Å². The van der Waals surface area contributed by atoms with Gasteiger partial charge in [0.15, 0.2) is 0 Å². The van der Waals surface area contributed by atoms with Gasteiger partial charge in [-0.15, -0.1) is 41.5 Å². The van der Waals surface area contributed by atoms with Crippen molar-refractivity contribution in [1.29, 1.82) is 0 Å². The monoisotopic (exact) mass is 429 g/mol. The van der Waals surface area contributed by atoms with E-state index >= 15 is 0 Å². The van der Waals surface area contributed by atoms with E-state index in [4.69, 9.17) is 0 Å². The second-order valence-electron chi connectivity index (χ2n) is 7.25. The average Bonchev–Trinajstić information content (AvgIpc) is 3.46. The molecule has 0 bridgehead atoms. The molecule has 10 radical (unpaired) electrons. The van der Waals surface area contributed by atoms with Crippen molar-refractivity contribution in [2.24, 2.45) is 0 Å². The number of benzene rings is 2. The van der Waals surface area contributed by atoms with Gasteiger partial charge in [-0.1, -0.05) is 42.0 Å². The zero-order valence-electron chi connectivity index (χ0n) is 17.7. The van der Waals surface area contributed by atoms with Crippen LogP contribution in [0.15, 0.2) is 60.7 Å². The Morgan fingerprint density at radius 3 is 1.40 bits per heavy atom. The Bertz CT molecular complexity index is 652. The second-order valence-corrected chi connectivity index (χ2v) is 7.25. The molecule has 1 nitrogen and oxygen atoms in total. The van der Waals surface area contributed by atoms with E-state index in [9.17, 15) is 5.11 Å². The smallest absolute Gasteiger partial charge is 0.0616 e. The van der Waals surface area contributed by atoms with E-state index in [1.807, 2.05) is 127 Å². The molecule has 1 N–H and O–H groups in total. The fraction of sp³-hybridized carbons (Fsp3) is 0.143. The maximum Gasteiger partial charge on any atom is 0.0616 e. The number of aliphatic hydroxyl groups is 1. The summed E-state index contributed by atoms with van der Waals surface area (Å²) < 4.78 is 0. The molecular weight excluding hydrogens is 400 g/mol. The van der Waals surface area contributed by atoms with Crippen LogP contribution in [0.2, 0.25) is 0 Å². The minimum absolute atomic E-state index is 0. The maximum absolute atomic E-state index is 10.1. The standard InChI is InChI=1S/C18H19O.2C5H5.Ti/c1-18(2,19)14-17(16-11-7-4-8-12-16)13-15-9-5-3-6-10-15;2*1-2-4-5-3-1;/h3-12,19H,14H2,1-2H3;2*1-5H;/q-1;;;. The van der Waals surface area contributed by atoms with Crippen molar-refractivity contribution < 1.29 is 26.8 Å². The molecule has 0 aromatic heterocycles. The summed E-state index contributed by atoms with van der Waals surface area (Å²) in [4.78, 5) is 0. The summed E-state index contributed by atoms with van der Waals surface area (Å²) in [5.74, 6) is 0. The molecule has 0 aliphatic heterocycles. The normalized spacial score (nSPS) is 15.9. The zero-order valence-corrected chi connectivity index (χ0v) is 19.3. The van der Waals surface area contributed by atoms with Gasteiger partial charge in [0.25, 0.3) is 0 Å². The van der Waals surface area contributed by atoms with Crippen molar-refractivity contribution in [3.8, 4) is 0 Å². The summed E-state index contributed by atoms with van der Waals surface area (Å²) in [6.45, 7) is 3.64. The molecule has 4 rings (SSSR count). The molecule has 0 spiro atoms. The van der Waals surface area contributed by atoms with Crippen LogP contribution in [0.1, 0.15) is 31.4 Å². The third-order valence-corrected chi connectivity index (χ3v) is 3.91. The third kappa shape index (κ3) is 12.5. The zero-order chi connectivity index (χ0) is 20.8. The molecule has 152 valence electrons. The van der Waals surface area contributed by atoms with Crippen molar-refractivity contribution in [2.45, 2.75) is 25.9 Å². The van der Waals surface area contributed by atoms with Crippen molar-refractivity contribution in [2.75, 3.05) is 0 Å². The Kier molecular flexibility index (Phi) is 14.0. The third-order valence-electron chi connectivity index (χ3n) is 3.91. The van der Waals surface area contributed by atoms with E-state index in [-0.39, 0.29) is 21.7 Å². The van der Waals surface area contributed by atoms with Crippen LogP contribution >= 0.6 is 0 Å². The molecule has 0 heterocycles. The predicted octanol–water partition coefficient (Wildman–Crippen LogP) is 6.12. The largest absolute Gasteiger partial charge is 0.390 e. The second kappa shape index (κ2) is 15.6. The van der Waals surface area contributed by atoms with E-state index in [0.29, 0.717) is 6.42 Å². The minimum atomic E-state index is -0.743. The number of rotatable bonds is 4. The van der Waals surface area contributed by atoms with Crippen LogP contribution in [-0.2, 0) is 21.7 Å². The molecular formula is C28H29OTi-. The van der Waals surface area contributed by atoms with E-state index in [1.54, 1.807) is 0 Å². The summed E-state index contributed by atoms with van der Waals surface area (Å²) in [7, 11) is 0. The summed E-state index contributed by atoms with van der Waals surface area (Å²) in [6.07, 6.45) is 24.0. The first-order valence-corrected chi connectivity index (χ1v) is 9.84. The average molecular weight is 429 g/mol. The number of hydrogen-bond acceptors (Lipinski definition) is 1. The van der Waals surface area contributed by atoms with Crippen LogP contribution in [0.5, 0.6) is 0 Å². The van der Waals surface area contributed by atoms with Gasteiger partial charge in [0.05, 0.1) is 5.60 Å². The summed E-state index contributed by atoms with van der Waals surface area (Å²) in [5, 5.41) is 10.1. The SMILES string of the molecule is CC(C)(O)CC(=[C-]c1ccccc1)c1ccccc1.[CH]1[CH][CH][CH][CH]1.[CH]1[CH][CH][CH][CH]1.[Ti]. The van der Waals surface area contributed by atoms with Gasteiger partial charge < -0.3 is 5.11 Å². The van der Waals surface area contributed by atoms with Gasteiger partial charge >= 0.3 is 0 Å². The van der Waals surface area contributed by atoms with Gasteiger partial charge in [-0.3, -0.25) is 0 Å². The molecule has 2 heteroatoms. The van der Waals surface area contributed by atoms with Crippen LogP contribution in [-0.4, -0.2) is 10.7 Å². The molecule has 0 unspecified atom stereocenters.